The van der Waals surface area contributed by atoms with Crippen molar-refractivity contribution in [3.8, 4) is 0 Å². The van der Waals surface area contributed by atoms with E-state index in [1.165, 1.54) is 0 Å². The third-order valence-corrected chi connectivity index (χ3v) is 8.11. The topological polar surface area (TPSA) is 83.6 Å². The Kier molecular flexibility index (Phi) is 11.1. The van der Waals surface area contributed by atoms with E-state index in [1.54, 1.807) is 13.1 Å². The van der Waals surface area contributed by atoms with Crippen LogP contribution >= 0.6 is 44.3 Å². The summed E-state index contributed by atoms with van der Waals surface area (Å²) in [5.74, 6) is 0. The smallest absolute Gasteiger partial charge is 0.434 e. The monoisotopic (exact) mass is 500 g/mol. The first-order valence-electron chi connectivity index (χ1n) is 8.46. The lowest BCUT2D eigenvalue weighted by Crippen LogP contribution is -2.18. The second-order valence-corrected chi connectivity index (χ2v) is 22.8. The second kappa shape index (κ2) is 11.9. The van der Waals surface area contributed by atoms with Crippen LogP contribution in [0.1, 0.15) is 12.8 Å². The Morgan fingerprint density at radius 2 is 1.15 bits per heavy atom. The lowest BCUT2D eigenvalue weighted by molar-refractivity contribution is 0.0492. The van der Waals surface area contributed by atoms with E-state index in [0.29, 0.717) is 24.9 Å². The Balaban J connectivity index is 1.98. The van der Waals surface area contributed by atoms with Crippen LogP contribution in [0.3, 0.4) is 0 Å². The molecule has 0 N–H and O–H groups in total. The van der Waals surface area contributed by atoms with Crippen LogP contribution in [0.25, 0.3) is 0 Å². The van der Waals surface area contributed by atoms with Crippen molar-refractivity contribution in [2.45, 2.75) is 50.2 Å². The molecule has 2 unspecified atom stereocenters. The van der Waals surface area contributed by atoms with E-state index in [2.05, 4.69) is 0 Å². The van der Waals surface area contributed by atoms with Crippen LogP contribution in [0.2, 0.25) is 25.2 Å². The fourth-order valence-electron chi connectivity index (χ4n) is 1.93. The van der Waals surface area contributed by atoms with Crippen molar-refractivity contribution >= 4 is 70.0 Å². The van der Waals surface area contributed by atoms with E-state index in [0.717, 1.165) is 0 Å². The molecule has 0 bridgehead atoms. The number of epoxide rings is 1. The number of hydrogen-bond acceptors (Lipinski definition) is 7. The van der Waals surface area contributed by atoms with Gasteiger partial charge in [-0.25, -0.2) is 9.59 Å². The standard InChI is InChI=1S/C14H24Cl4O7Si2/c1-26(15,16)7-3-5-21-13(19)23-9-11-12(25-11)10-24-14(20)22-6-4-8-27(2,17)18/h11-12H,3-10H2,1-2H3. The average Bonchev–Trinajstić information content (AvgIpc) is 3.28. The van der Waals surface area contributed by atoms with Gasteiger partial charge in [0.05, 0.1) is 13.2 Å². The largest absolute Gasteiger partial charge is 0.508 e. The van der Waals surface area contributed by atoms with E-state index in [1.807, 2.05) is 0 Å². The molecule has 27 heavy (non-hydrogen) atoms. The van der Waals surface area contributed by atoms with Gasteiger partial charge in [-0.05, 0) is 38.0 Å². The number of carbonyl (C=O) groups is 2. The van der Waals surface area contributed by atoms with Crippen molar-refractivity contribution in [1.82, 2.24) is 0 Å². The second-order valence-electron chi connectivity index (χ2n) is 6.38. The van der Waals surface area contributed by atoms with Crippen LogP contribution in [-0.2, 0) is 23.7 Å². The fraction of sp³-hybridized carbons (Fsp3) is 0.857. The van der Waals surface area contributed by atoms with Crippen LogP contribution in [0.4, 0.5) is 9.59 Å². The number of halogens is 4. The molecular formula is C14H24Cl4O7Si2. The van der Waals surface area contributed by atoms with Gasteiger partial charge in [-0.2, -0.15) is 0 Å². The van der Waals surface area contributed by atoms with Gasteiger partial charge in [0.25, 0.3) is 0 Å². The molecule has 7 nitrogen and oxygen atoms in total. The molecule has 0 saturated carbocycles. The Hall–Kier alpha value is 0.0938. The summed E-state index contributed by atoms with van der Waals surface area (Å²) >= 11 is 23.8. The summed E-state index contributed by atoms with van der Waals surface area (Å²) in [4.78, 5) is 22.8. The summed E-state index contributed by atoms with van der Waals surface area (Å²) in [6, 6.07) is 1.26. The molecule has 2 atom stereocenters. The third-order valence-electron chi connectivity index (χ3n) is 3.38. The van der Waals surface area contributed by atoms with E-state index in [9.17, 15) is 9.59 Å². The van der Waals surface area contributed by atoms with Gasteiger partial charge >= 0.3 is 12.3 Å². The normalized spacial score (nSPS) is 19.3. The van der Waals surface area contributed by atoms with Gasteiger partial charge in [0.1, 0.15) is 25.4 Å². The first-order valence-corrected chi connectivity index (χ1v) is 17.9. The maximum Gasteiger partial charge on any atom is 0.508 e. The summed E-state index contributed by atoms with van der Waals surface area (Å²) in [5, 5.41) is 0. The van der Waals surface area contributed by atoms with Gasteiger partial charge in [-0.1, -0.05) is 0 Å². The molecule has 1 saturated heterocycles. The summed E-state index contributed by atoms with van der Waals surface area (Å²) in [5.41, 5.74) is 0. The highest BCUT2D eigenvalue weighted by Gasteiger charge is 2.41. The van der Waals surface area contributed by atoms with E-state index in [4.69, 9.17) is 68.0 Å². The Morgan fingerprint density at radius 3 is 1.48 bits per heavy atom. The highest BCUT2D eigenvalue weighted by molar-refractivity contribution is 7.45. The number of ether oxygens (including phenoxy) is 5. The summed E-state index contributed by atoms with van der Waals surface area (Å²) < 4.78 is 24.8. The molecule has 0 amide bonds. The third kappa shape index (κ3) is 14.7. The lowest BCUT2D eigenvalue weighted by Gasteiger charge is -2.10. The van der Waals surface area contributed by atoms with E-state index >= 15 is 0 Å². The van der Waals surface area contributed by atoms with Gasteiger partial charge in [0.15, 0.2) is 0 Å². The van der Waals surface area contributed by atoms with Crippen LogP contribution in [-0.4, -0.2) is 64.3 Å². The van der Waals surface area contributed by atoms with Crippen molar-refractivity contribution in [3.05, 3.63) is 0 Å². The highest BCUT2D eigenvalue weighted by atomic mass is 35.7. The zero-order valence-electron chi connectivity index (χ0n) is 15.2. The van der Waals surface area contributed by atoms with E-state index < -0.39 is 25.7 Å². The molecule has 1 rings (SSSR count). The average molecular weight is 502 g/mol. The van der Waals surface area contributed by atoms with Crippen molar-refractivity contribution in [3.63, 3.8) is 0 Å². The molecule has 1 aliphatic heterocycles. The first kappa shape index (κ1) is 25.1. The van der Waals surface area contributed by atoms with Crippen LogP contribution in [0.5, 0.6) is 0 Å². The van der Waals surface area contributed by atoms with Crippen molar-refractivity contribution < 1.29 is 33.3 Å². The van der Waals surface area contributed by atoms with Crippen molar-refractivity contribution in [2.75, 3.05) is 26.4 Å². The summed E-state index contributed by atoms with van der Waals surface area (Å²) in [6.45, 7) is -0.313. The lowest BCUT2D eigenvalue weighted by atomic mass is 10.3. The SMILES string of the molecule is C[Si](Cl)(Cl)CCCOC(=O)OCC1OC1COC(=O)OCCC[Si](C)(Cl)Cl. The number of carbonyl (C=O) groups excluding carboxylic acids is 2. The van der Waals surface area contributed by atoms with Crippen LogP contribution in [0, 0.1) is 0 Å². The van der Waals surface area contributed by atoms with Crippen LogP contribution < -0.4 is 0 Å². The van der Waals surface area contributed by atoms with E-state index in [-0.39, 0.29) is 38.6 Å². The molecule has 0 aromatic rings. The molecule has 0 aromatic carbocycles. The number of rotatable bonds is 12. The molecule has 1 aliphatic rings. The molecule has 0 radical (unpaired) electrons. The van der Waals surface area contributed by atoms with Gasteiger partial charge < -0.3 is 23.7 Å². The predicted molar refractivity (Wildman–Crippen MR) is 109 cm³/mol. The zero-order valence-corrected chi connectivity index (χ0v) is 20.2. The molecule has 1 fully saturated rings. The highest BCUT2D eigenvalue weighted by Crippen LogP contribution is 2.24. The fourth-order valence-corrected chi connectivity index (χ4v) is 5.07. The van der Waals surface area contributed by atoms with Crippen molar-refractivity contribution in [2.24, 2.45) is 0 Å². The molecule has 1 heterocycles. The molecule has 13 heteroatoms. The molecule has 158 valence electrons. The molecular weight excluding hydrogens is 478 g/mol. The first-order chi connectivity index (χ1) is 12.5. The van der Waals surface area contributed by atoms with Gasteiger partial charge in [0.2, 0.25) is 13.4 Å². The Morgan fingerprint density at radius 1 is 0.778 bits per heavy atom. The molecule has 0 spiro atoms. The Labute approximate surface area is 179 Å². The van der Waals surface area contributed by atoms with Gasteiger partial charge in [-0.3, -0.25) is 0 Å². The van der Waals surface area contributed by atoms with Crippen LogP contribution in [0.15, 0.2) is 0 Å². The maximum atomic E-state index is 11.4. The molecule has 0 aromatic heterocycles. The predicted octanol–water partition coefficient (Wildman–Crippen LogP) is 4.94. The molecule has 0 aliphatic carbocycles. The van der Waals surface area contributed by atoms with Gasteiger partial charge in [-0.15, -0.1) is 44.3 Å². The summed E-state index contributed by atoms with van der Waals surface area (Å²) in [6.07, 6.45) is -1.06. The maximum absolute atomic E-state index is 11.4. The summed E-state index contributed by atoms with van der Waals surface area (Å²) in [7, 11) is 0. The van der Waals surface area contributed by atoms with Gasteiger partial charge in [0, 0.05) is 0 Å². The minimum Gasteiger partial charge on any atom is -0.434 e. The number of hydrogen-bond donors (Lipinski definition) is 0. The van der Waals surface area contributed by atoms with Crippen molar-refractivity contribution in [1.29, 1.82) is 0 Å². The Bertz CT molecular complexity index is 443. The minimum absolute atomic E-state index is 0.0219. The minimum atomic E-state index is -2.17. The quantitative estimate of drug-likeness (QED) is 0.123. The zero-order chi connectivity index (χ0) is 20.5.